The maximum atomic E-state index is 12.9. The van der Waals surface area contributed by atoms with Gasteiger partial charge in [0.15, 0.2) is 10.3 Å². The molecule has 0 N–H and O–H groups in total. The smallest absolute Gasteiger partial charge is 0.268 e. The SMILES string of the molecule is O=C1c2ccc(Oc3ccc(Oc4ccc5c(c4)C(=O)N(c4nccs4)C5=O)cc3)cc2C(=O)N1c1nccs1. The van der Waals surface area contributed by atoms with E-state index in [9.17, 15) is 19.2 Å². The van der Waals surface area contributed by atoms with E-state index in [1.807, 2.05) is 0 Å². The zero-order valence-electron chi connectivity index (χ0n) is 20.1. The fraction of sp³-hybridized carbons (Fsp3) is 0. The van der Waals surface area contributed by atoms with E-state index in [1.165, 1.54) is 47.2 Å². The van der Waals surface area contributed by atoms with Gasteiger partial charge in [0.25, 0.3) is 23.6 Å². The predicted octanol–water partition coefficient (Wildman–Crippen LogP) is 5.79. The van der Waals surface area contributed by atoms with E-state index in [4.69, 9.17) is 9.47 Å². The molecule has 7 rings (SSSR count). The zero-order valence-corrected chi connectivity index (χ0v) is 21.8. The molecule has 0 aliphatic carbocycles. The number of fused-ring (bicyclic) bond motifs is 2. The number of nitrogens with zero attached hydrogens (tertiary/aromatic N) is 4. The summed E-state index contributed by atoms with van der Waals surface area (Å²) in [5, 5.41) is 4.03. The fourth-order valence-electron chi connectivity index (χ4n) is 4.41. The molecule has 2 aliphatic rings. The Morgan fingerprint density at radius 2 is 0.875 bits per heavy atom. The Hall–Kier alpha value is -5.20. The van der Waals surface area contributed by atoms with Crippen LogP contribution in [0, 0.1) is 0 Å². The molecule has 5 aromatic rings. The van der Waals surface area contributed by atoms with Gasteiger partial charge in [0.2, 0.25) is 0 Å². The summed E-state index contributed by atoms with van der Waals surface area (Å²) in [7, 11) is 0. The summed E-state index contributed by atoms with van der Waals surface area (Å²) in [6.07, 6.45) is 3.07. The highest BCUT2D eigenvalue weighted by atomic mass is 32.1. The highest BCUT2D eigenvalue weighted by molar-refractivity contribution is 7.14. The number of thiazole rings is 2. The van der Waals surface area contributed by atoms with Crippen LogP contribution in [0.5, 0.6) is 23.0 Å². The fourth-order valence-corrected chi connectivity index (χ4v) is 5.69. The van der Waals surface area contributed by atoms with Gasteiger partial charge >= 0.3 is 0 Å². The summed E-state index contributed by atoms with van der Waals surface area (Å²) >= 11 is 2.41. The van der Waals surface area contributed by atoms with Crippen molar-refractivity contribution in [3.63, 3.8) is 0 Å². The van der Waals surface area contributed by atoms with Crippen LogP contribution in [0.1, 0.15) is 41.4 Å². The van der Waals surface area contributed by atoms with Crippen molar-refractivity contribution in [3.8, 4) is 23.0 Å². The van der Waals surface area contributed by atoms with Crippen LogP contribution in [0.4, 0.5) is 10.3 Å². The number of carbonyl (C=O) groups is 4. The standard InChI is InChI=1S/C28H14N4O6S2/c33-23-19-7-5-17(13-21(19)25(35)31(23)27-29-9-11-39-27)37-15-1-2-16(4-3-15)38-18-6-8-20-22(14-18)26(36)32(24(20)34)28-30-10-12-40-28/h1-14H. The van der Waals surface area contributed by atoms with Gasteiger partial charge in [-0.25, -0.2) is 19.8 Å². The molecule has 10 nitrogen and oxygen atoms in total. The van der Waals surface area contributed by atoms with Gasteiger partial charge in [-0.1, -0.05) is 0 Å². The minimum absolute atomic E-state index is 0.246. The van der Waals surface area contributed by atoms with Crippen molar-refractivity contribution >= 4 is 56.6 Å². The zero-order chi connectivity index (χ0) is 27.4. The van der Waals surface area contributed by atoms with Gasteiger partial charge < -0.3 is 9.47 Å². The molecule has 4 heterocycles. The van der Waals surface area contributed by atoms with E-state index >= 15 is 0 Å². The van der Waals surface area contributed by atoms with Crippen LogP contribution >= 0.6 is 22.7 Å². The van der Waals surface area contributed by atoms with E-state index in [-0.39, 0.29) is 11.1 Å². The third-order valence-corrected chi connectivity index (χ3v) is 7.75. The molecule has 0 unspecified atom stereocenters. The molecule has 0 saturated heterocycles. The summed E-state index contributed by atoms with van der Waals surface area (Å²) in [6, 6.07) is 16.2. The van der Waals surface area contributed by atoms with Gasteiger partial charge in [0.1, 0.15) is 23.0 Å². The Balaban J connectivity index is 1.06. The number of ether oxygens (including phenoxy) is 2. The first kappa shape index (κ1) is 23.9. The number of rotatable bonds is 6. The molecule has 0 bridgehead atoms. The van der Waals surface area contributed by atoms with Crippen LogP contribution < -0.4 is 19.3 Å². The minimum Gasteiger partial charge on any atom is -0.457 e. The second-order valence-corrected chi connectivity index (χ2v) is 10.4. The van der Waals surface area contributed by atoms with Crippen molar-refractivity contribution in [1.29, 1.82) is 0 Å². The lowest BCUT2D eigenvalue weighted by molar-refractivity contribution is 0.0910. The monoisotopic (exact) mass is 566 g/mol. The van der Waals surface area contributed by atoms with Crippen molar-refractivity contribution in [3.05, 3.63) is 106 Å². The highest BCUT2D eigenvalue weighted by Gasteiger charge is 2.39. The Bertz CT molecular complexity index is 1700. The summed E-state index contributed by atoms with van der Waals surface area (Å²) in [4.78, 5) is 61.4. The van der Waals surface area contributed by atoms with Gasteiger partial charge in [0.05, 0.1) is 22.3 Å². The highest BCUT2D eigenvalue weighted by Crippen LogP contribution is 2.35. The van der Waals surface area contributed by atoms with Gasteiger partial charge in [-0.05, 0) is 60.7 Å². The number of hydrogen-bond acceptors (Lipinski definition) is 10. The van der Waals surface area contributed by atoms with E-state index < -0.39 is 23.6 Å². The van der Waals surface area contributed by atoms with E-state index in [1.54, 1.807) is 59.3 Å². The van der Waals surface area contributed by atoms with Crippen LogP contribution in [0.25, 0.3) is 0 Å². The molecule has 4 amide bonds. The summed E-state index contributed by atoms with van der Waals surface area (Å²) in [5.74, 6) is 0.00144. The first-order valence-electron chi connectivity index (χ1n) is 11.8. The van der Waals surface area contributed by atoms with Crippen LogP contribution in [0.2, 0.25) is 0 Å². The van der Waals surface area contributed by atoms with Crippen molar-refractivity contribution < 1.29 is 28.7 Å². The molecular formula is C28H14N4O6S2. The summed E-state index contributed by atoms with van der Waals surface area (Å²) < 4.78 is 11.8. The molecule has 0 atom stereocenters. The van der Waals surface area contributed by atoms with Crippen molar-refractivity contribution in [2.24, 2.45) is 0 Å². The van der Waals surface area contributed by atoms with Crippen LogP contribution in [-0.4, -0.2) is 33.6 Å². The first-order chi connectivity index (χ1) is 19.5. The maximum Gasteiger partial charge on any atom is 0.268 e. The number of hydrogen-bond donors (Lipinski definition) is 0. The lowest BCUT2D eigenvalue weighted by atomic mass is 10.1. The molecule has 40 heavy (non-hydrogen) atoms. The lowest BCUT2D eigenvalue weighted by Gasteiger charge is -2.09. The Morgan fingerprint density at radius 1 is 0.500 bits per heavy atom. The number of aromatic nitrogens is 2. The molecule has 2 aromatic heterocycles. The van der Waals surface area contributed by atoms with Crippen LogP contribution in [0.3, 0.4) is 0 Å². The first-order valence-corrected chi connectivity index (χ1v) is 13.5. The van der Waals surface area contributed by atoms with Gasteiger partial charge in [-0.15, -0.1) is 22.7 Å². The largest absolute Gasteiger partial charge is 0.457 e. The Kier molecular flexibility index (Phi) is 5.51. The number of amides is 4. The van der Waals surface area contributed by atoms with Gasteiger partial charge in [-0.2, -0.15) is 0 Å². The quantitative estimate of drug-likeness (QED) is 0.237. The molecule has 194 valence electrons. The van der Waals surface area contributed by atoms with Crippen molar-refractivity contribution in [2.75, 3.05) is 9.80 Å². The van der Waals surface area contributed by atoms with Crippen LogP contribution in [-0.2, 0) is 0 Å². The normalized spacial score (nSPS) is 14.1. The lowest BCUT2D eigenvalue weighted by Crippen LogP contribution is -2.29. The second kappa shape index (κ2) is 9.22. The third-order valence-electron chi connectivity index (χ3n) is 6.23. The maximum absolute atomic E-state index is 12.9. The summed E-state index contributed by atoms with van der Waals surface area (Å²) in [5.41, 5.74) is 1.08. The number of anilines is 2. The average Bonchev–Trinajstić information content (AvgIpc) is 3.76. The van der Waals surface area contributed by atoms with Gasteiger partial charge in [-0.3, -0.25) is 19.2 Å². The summed E-state index contributed by atoms with van der Waals surface area (Å²) in [6.45, 7) is 0. The minimum atomic E-state index is -0.451. The van der Waals surface area contributed by atoms with Gasteiger partial charge in [0, 0.05) is 23.2 Å². The molecular weight excluding hydrogens is 552 g/mol. The molecule has 0 radical (unpaired) electrons. The topological polar surface area (TPSA) is 119 Å². The number of benzene rings is 3. The Labute approximate surface area is 233 Å². The van der Waals surface area contributed by atoms with E-state index in [2.05, 4.69) is 9.97 Å². The Morgan fingerprint density at radius 3 is 1.25 bits per heavy atom. The van der Waals surface area contributed by atoms with Crippen molar-refractivity contribution in [2.45, 2.75) is 0 Å². The van der Waals surface area contributed by atoms with Crippen LogP contribution in [0.15, 0.2) is 83.8 Å². The molecule has 0 fully saturated rings. The van der Waals surface area contributed by atoms with E-state index in [0.717, 1.165) is 9.80 Å². The third kappa shape index (κ3) is 3.85. The molecule has 2 aliphatic heterocycles. The molecule has 3 aromatic carbocycles. The van der Waals surface area contributed by atoms with Crippen molar-refractivity contribution in [1.82, 2.24) is 9.97 Å². The van der Waals surface area contributed by atoms with E-state index in [0.29, 0.717) is 44.4 Å². The molecule has 12 heteroatoms. The number of carbonyl (C=O) groups excluding carboxylic acids is 4. The molecule has 0 saturated carbocycles. The number of imide groups is 2. The molecule has 0 spiro atoms. The second-order valence-electron chi connectivity index (χ2n) is 8.61. The predicted molar refractivity (Wildman–Crippen MR) is 146 cm³/mol. The average molecular weight is 567 g/mol.